The number of carbonyl (C=O) groups excluding carboxylic acids is 1. The minimum Gasteiger partial charge on any atom is -0.378 e. The van der Waals surface area contributed by atoms with Crippen LogP contribution in [0, 0.1) is 0 Å². The quantitative estimate of drug-likeness (QED) is 0.808. The van der Waals surface area contributed by atoms with Gasteiger partial charge in [-0.3, -0.25) is 4.79 Å². The van der Waals surface area contributed by atoms with Gasteiger partial charge in [-0.25, -0.2) is 4.98 Å². The van der Waals surface area contributed by atoms with Gasteiger partial charge < -0.3 is 15.0 Å². The van der Waals surface area contributed by atoms with Gasteiger partial charge in [0.1, 0.15) is 5.82 Å². The first-order valence-corrected chi connectivity index (χ1v) is 8.85. The third kappa shape index (κ3) is 4.63. The van der Waals surface area contributed by atoms with Gasteiger partial charge in [0.05, 0.1) is 28.9 Å². The molecule has 0 aliphatic carbocycles. The maximum Gasteiger partial charge on any atom is 0.249 e. The molecule has 0 unspecified atom stereocenters. The van der Waals surface area contributed by atoms with E-state index in [0.717, 1.165) is 40.7 Å². The SMILES string of the molecule is O=C(/C=C/c1ccc(Br)s1)Nc1ccc(N2CCOCC2)cn1. The number of amides is 1. The molecule has 0 radical (unpaired) electrons. The molecular formula is C16H16BrN3O2S. The average molecular weight is 394 g/mol. The van der Waals surface area contributed by atoms with Crippen LogP contribution in [0.4, 0.5) is 11.5 Å². The van der Waals surface area contributed by atoms with Crippen molar-refractivity contribution < 1.29 is 9.53 Å². The Bertz CT molecular complexity index is 694. The summed E-state index contributed by atoms with van der Waals surface area (Å²) >= 11 is 4.97. The molecular weight excluding hydrogens is 378 g/mol. The second kappa shape index (κ2) is 7.72. The van der Waals surface area contributed by atoms with Crippen molar-refractivity contribution in [2.45, 2.75) is 0 Å². The van der Waals surface area contributed by atoms with Crippen LogP contribution in [0.5, 0.6) is 0 Å². The van der Waals surface area contributed by atoms with Crippen LogP contribution in [0.15, 0.2) is 40.3 Å². The number of aromatic nitrogens is 1. The van der Waals surface area contributed by atoms with Gasteiger partial charge in [0.25, 0.3) is 0 Å². The van der Waals surface area contributed by atoms with Gasteiger partial charge in [-0.2, -0.15) is 0 Å². The maximum absolute atomic E-state index is 11.9. The van der Waals surface area contributed by atoms with E-state index in [1.807, 2.05) is 24.3 Å². The molecule has 0 spiro atoms. The summed E-state index contributed by atoms with van der Waals surface area (Å²) in [6, 6.07) is 7.69. The fourth-order valence-corrected chi connectivity index (χ4v) is 3.54. The maximum atomic E-state index is 11.9. The normalized spacial score (nSPS) is 15.1. The molecule has 2 aromatic heterocycles. The van der Waals surface area contributed by atoms with Gasteiger partial charge in [0, 0.05) is 24.0 Å². The summed E-state index contributed by atoms with van der Waals surface area (Å²) in [7, 11) is 0. The molecule has 2 aromatic rings. The van der Waals surface area contributed by atoms with Crippen molar-refractivity contribution in [3.05, 3.63) is 45.2 Å². The highest BCUT2D eigenvalue weighted by Crippen LogP contribution is 2.23. The topological polar surface area (TPSA) is 54.5 Å². The van der Waals surface area contributed by atoms with Gasteiger partial charge in [0.2, 0.25) is 5.91 Å². The van der Waals surface area contributed by atoms with Gasteiger partial charge in [0.15, 0.2) is 0 Å². The first-order chi connectivity index (χ1) is 11.2. The molecule has 0 bridgehead atoms. The minimum atomic E-state index is -0.193. The Kier molecular flexibility index (Phi) is 5.43. The van der Waals surface area contributed by atoms with Crippen LogP contribution in [0.2, 0.25) is 0 Å². The van der Waals surface area contributed by atoms with Crippen LogP contribution < -0.4 is 10.2 Å². The molecule has 0 saturated carbocycles. The van der Waals surface area contributed by atoms with Crippen molar-refractivity contribution in [3.8, 4) is 0 Å². The second-order valence-electron chi connectivity index (χ2n) is 4.97. The third-order valence-corrected chi connectivity index (χ3v) is 4.96. The molecule has 3 rings (SSSR count). The molecule has 23 heavy (non-hydrogen) atoms. The highest BCUT2D eigenvalue weighted by Gasteiger charge is 2.11. The lowest BCUT2D eigenvalue weighted by Crippen LogP contribution is -2.36. The largest absolute Gasteiger partial charge is 0.378 e. The molecule has 1 amide bonds. The fraction of sp³-hybridized carbons (Fsp3) is 0.250. The predicted molar refractivity (Wildman–Crippen MR) is 97.0 cm³/mol. The Hall–Kier alpha value is -1.70. The molecule has 7 heteroatoms. The van der Waals surface area contributed by atoms with E-state index in [-0.39, 0.29) is 5.91 Å². The van der Waals surface area contributed by atoms with E-state index in [0.29, 0.717) is 5.82 Å². The van der Waals surface area contributed by atoms with Crippen LogP contribution in [-0.2, 0) is 9.53 Å². The van der Waals surface area contributed by atoms with Crippen LogP contribution in [0.25, 0.3) is 6.08 Å². The first kappa shape index (κ1) is 16.2. The zero-order chi connectivity index (χ0) is 16.1. The number of thiophene rings is 1. The van der Waals surface area contributed by atoms with E-state index in [2.05, 4.69) is 31.1 Å². The minimum absolute atomic E-state index is 0.193. The summed E-state index contributed by atoms with van der Waals surface area (Å²) in [4.78, 5) is 19.4. The molecule has 1 N–H and O–H groups in total. The lowest BCUT2D eigenvalue weighted by atomic mass is 10.3. The van der Waals surface area contributed by atoms with Crippen molar-refractivity contribution in [2.75, 3.05) is 36.5 Å². The van der Waals surface area contributed by atoms with Crippen molar-refractivity contribution in [3.63, 3.8) is 0 Å². The van der Waals surface area contributed by atoms with Gasteiger partial charge in [-0.15, -0.1) is 11.3 Å². The highest BCUT2D eigenvalue weighted by atomic mass is 79.9. The number of pyridine rings is 1. The third-order valence-electron chi connectivity index (χ3n) is 3.37. The Labute approximate surface area is 147 Å². The molecule has 1 aliphatic heterocycles. The van der Waals surface area contributed by atoms with Crippen LogP contribution in [-0.4, -0.2) is 37.2 Å². The Morgan fingerprint density at radius 3 is 2.78 bits per heavy atom. The van der Waals surface area contributed by atoms with Crippen LogP contribution in [0.1, 0.15) is 4.88 Å². The summed E-state index contributed by atoms with van der Waals surface area (Å²) < 4.78 is 6.37. The smallest absolute Gasteiger partial charge is 0.249 e. The molecule has 5 nitrogen and oxygen atoms in total. The number of hydrogen-bond acceptors (Lipinski definition) is 5. The number of nitrogens with zero attached hydrogens (tertiary/aromatic N) is 2. The number of rotatable bonds is 4. The van der Waals surface area contributed by atoms with Crippen molar-refractivity contribution >= 4 is 50.8 Å². The van der Waals surface area contributed by atoms with E-state index >= 15 is 0 Å². The zero-order valence-corrected chi connectivity index (χ0v) is 14.8. The van der Waals surface area contributed by atoms with E-state index < -0.39 is 0 Å². The number of carbonyl (C=O) groups is 1. The molecule has 3 heterocycles. The lowest BCUT2D eigenvalue weighted by molar-refractivity contribution is -0.111. The van der Waals surface area contributed by atoms with Crippen molar-refractivity contribution in [1.29, 1.82) is 0 Å². The van der Waals surface area contributed by atoms with E-state index in [1.165, 1.54) is 6.08 Å². The standard InChI is InChI=1S/C16H16BrN3O2S/c17-14-4-2-13(23-14)3-6-16(21)19-15-5-1-12(11-18-15)20-7-9-22-10-8-20/h1-6,11H,7-10H2,(H,18,19,21)/b6-3+. The summed E-state index contributed by atoms with van der Waals surface area (Å²) in [5.74, 6) is 0.352. The summed E-state index contributed by atoms with van der Waals surface area (Å²) in [5, 5.41) is 2.76. The fourth-order valence-electron chi connectivity index (χ4n) is 2.21. The van der Waals surface area contributed by atoms with Crippen molar-refractivity contribution in [1.82, 2.24) is 4.98 Å². The zero-order valence-electron chi connectivity index (χ0n) is 12.4. The van der Waals surface area contributed by atoms with Crippen LogP contribution in [0.3, 0.4) is 0 Å². The molecule has 1 aliphatic rings. The molecule has 1 fully saturated rings. The Balaban J connectivity index is 1.57. The average Bonchev–Trinajstić information content (AvgIpc) is 3.00. The Morgan fingerprint density at radius 1 is 1.30 bits per heavy atom. The second-order valence-corrected chi connectivity index (χ2v) is 7.46. The summed E-state index contributed by atoms with van der Waals surface area (Å²) in [5.41, 5.74) is 1.05. The van der Waals surface area contributed by atoms with Gasteiger partial charge in [-0.05, 0) is 46.3 Å². The van der Waals surface area contributed by atoms with E-state index in [9.17, 15) is 4.79 Å². The number of hydrogen-bond donors (Lipinski definition) is 1. The van der Waals surface area contributed by atoms with Crippen LogP contribution >= 0.6 is 27.3 Å². The Morgan fingerprint density at radius 2 is 2.13 bits per heavy atom. The molecule has 0 aromatic carbocycles. The first-order valence-electron chi connectivity index (χ1n) is 7.24. The lowest BCUT2D eigenvalue weighted by Gasteiger charge is -2.28. The highest BCUT2D eigenvalue weighted by molar-refractivity contribution is 9.11. The molecule has 1 saturated heterocycles. The summed E-state index contributed by atoms with van der Waals surface area (Å²) in [6.45, 7) is 3.21. The van der Waals surface area contributed by atoms with Gasteiger partial charge in [-0.1, -0.05) is 0 Å². The van der Waals surface area contributed by atoms with Crippen molar-refractivity contribution in [2.24, 2.45) is 0 Å². The predicted octanol–water partition coefficient (Wildman–Crippen LogP) is 3.39. The molecule has 120 valence electrons. The van der Waals surface area contributed by atoms with Gasteiger partial charge >= 0.3 is 0 Å². The number of halogens is 1. The molecule has 0 atom stereocenters. The number of ether oxygens (including phenoxy) is 1. The van der Waals surface area contributed by atoms with E-state index in [4.69, 9.17) is 4.74 Å². The number of morpholine rings is 1. The number of anilines is 2. The monoisotopic (exact) mass is 393 g/mol. The van der Waals surface area contributed by atoms with E-state index in [1.54, 1.807) is 23.6 Å². The number of nitrogens with one attached hydrogen (secondary N) is 1. The summed E-state index contributed by atoms with van der Waals surface area (Å²) in [6.07, 6.45) is 5.07.